The topological polar surface area (TPSA) is 78.4 Å². The van der Waals surface area contributed by atoms with E-state index in [0.29, 0.717) is 19.5 Å². The third-order valence-corrected chi connectivity index (χ3v) is 3.24. The molecule has 2 atom stereocenters. The lowest BCUT2D eigenvalue weighted by Gasteiger charge is -2.26. The summed E-state index contributed by atoms with van der Waals surface area (Å²) in [5.74, 6) is -1.83. The number of benzene rings is 1. The van der Waals surface area contributed by atoms with Gasteiger partial charge in [-0.15, -0.1) is 0 Å². The molecule has 1 saturated heterocycles. The number of hydrogen-bond donors (Lipinski definition) is 3. The molecule has 1 heterocycles. The second-order valence-electron chi connectivity index (χ2n) is 4.83. The van der Waals surface area contributed by atoms with Gasteiger partial charge in [0.25, 0.3) is 0 Å². The molecule has 0 spiro atoms. The smallest absolute Gasteiger partial charge is 0.235 e. The van der Waals surface area contributed by atoms with Gasteiger partial charge in [-0.25, -0.2) is 0 Å². The molecule has 1 aromatic rings. The highest BCUT2D eigenvalue weighted by Gasteiger charge is 2.36. The van der Waals surface area contributed by atoms with Crippen molar-refractivity contribution < 1.29 is 14.7 Å². The predicted molar refractivity (Wildman–Crippen MR) is 70.1 cm³/mol. The van der Waals surface area contributed by atoms with Crippen LogP contribution >= 0.6 is 0 Å². The molecule has 1 fully saturated rings. The van der Waals surface area contributed by atoms with Crippen LogP contribution in [-0.2, 0) is 16.1 Å². The summed E-state index contributed by atoms with van der Waals surface area (Å²) < 4.78 is 0. The zero-order valence-corrected chi connectivity index (χ0v) is 10.8. The first-order valence-corrected chi connectivity index (χ1v) is 6.37. The molecule has 0 radical (unpaired) electrons. The van der Waals surface area contributed by atoms with E-state index in [1.54, 1.807) is 0 Å². The quantitative estimate of drug-likeness (QED) is 0.676. The molecule has 2 rings (SSSR count). The first-order chi connectivity index (χ1) is 9.08. The van der Waals surface area contributed by atoms with Crippen LogP contribution < -0.4 is 10.6 Å². The fraction of sp³-hybridized carbons (Fsp3) is 0.429. The molecule has 5 nitrogen and oxygen atoms in total. The molecule has 1 aliphatic rings. The van der Waals surface area contributed by atoms with Crippen LogP contribution in [0.15, 0.2) is 24.3 Å². The van der Waals surface area contributed by atoms with Gasteiger partial charge in [-0.3, -0.25) is 9.59 Å². The molecular formula is C14H18N2O3. The van der Waals surface area contributed by atoms with Gasteiger partial charge in [-0.2, -0.15) is 0 Å². The third kappa shape index (κ3) is 3.32. The summed E-state index contributed by atoms with van der Waals surface area (Å²) in [5, 5.41) is 15.0. The average Bonchev–Trinajstić information content (AvgIpc) is 2.36. The normalized spacial score (nSPS) is 22.7. The van der Waals surface area contributed by atoms with Crippen LogP contribution in [0.3, 0.4) is 0 Å². The monoisotopic (exact) mass is 262 g/mol. The van der Waals surface area contributed by atoms with E-state index in [-0.39, 0.29) is 0 Å². The maximum absolute atomic E-state index is 11.9. The summed E-state index contributed by atoms with van der Waals surface area (Å²) in [7, 11) is 0. The van der Waals surface area contributed by atoms with Gasteiger partial charge in [0.1, 0.15) is 5.92 Å². The summed E-state index contributed by atoms with van der Waals surface area (Å²) in [4.78, 5) is 23.5. The molecule has 3 N–H and O–H groups in total. The molecule has 2 unspecified atom stereocenters. The highest BCUT2D eigenvalue weighted by molar-refractivity contribution is 6.01. The van der Waals surface area contributed by atoms with Crippen molar-refractivity contribution in [3.63, 3.8) is 0 Å². The molecule has 1 aliphatic heterocycles. The van der Waals surface area contributed by atoms with Crippen molar-refractivity contribution >= 4 is 11.8 Å². The van der Waals surface area contributed by atoms with Crippen molar-refractivity contribution in [2.45, 2.75) is 26.0 Å². The summed E-state index contributed by atoms with van der Waals surface area (Å²) in [5.41, 5.74) is 2.08. The van der Waals surface area contributed by atoms with Crippen molar-refractivity contribution in [1.82, 2.24) is 10.6 Å². The number of hydrogen-bond acceptors (Lipinski definition) is 3. The lowest BCUT2D eigenvalue weighted by atomic mass is 9.94. The van der Waals surface area contributed by atoms with Crippen molar-refractivity contribution in [3.8, 4) is 0 Å². The summed E-state index contributed by atoms with van der Waals surface area (Å²) >= 11 is 0. The number of aliphatic hydroxyl groups is 1. The molecule has 102 valence electrons. The van der Waals surface area contributed by atoms with E-state index in [4.69, 9.17) is 0 Å². The number of nitrogens with one attached hydrogen (secondary N) is 2. The Bertz CT molecular complexity index is 487. The van der Waals surface area contributed by atoms with E-state index >= 15 is 0 Å². The Balaban J connectivity index is 1.95. The van der Waals surface area contributed by atoms with Crippen LogP contribution in [0, 0.1) is 12.8 Å². The summed E-state index contributed by atoms with van der Waals surface area (Å²) in [6.07, 6.45) is -0.486. The van der Waals surface area contributed by atoms with Gasteiger partial charge in [-0.1, -0.05) is 29.8 Å². The molecule has 0 aromatic heterocycles. The molecule has 0 saturated carbocycles. The molecule has 0 aliphatic carbocycles. The van der Waals surface area contributed by atoms with Gasteiger partial charge >= 0.3 is 0 Å². The molecule has 19 heavy (non-hydrogen) atoms. The molecule has 1 aromatic carbocycles. The van der Waals surface area contributed by atoms with E-state index < -0.39 is 23.8 Å². The third-order valence-electron chi connectivity index (χ3n) is 3.24. The minimum atomic E-state index is -1.00. The maximum atomic E-state index is 11.9. The molecular weight excluding hydrogens is 244 g/mol. The van der Waals surface area contributed by atoms with E-state index in [2.05, 4.69) is 10.6 Å². The van der Waals surface area contributed by atoms with Crippen LogP contribution in [0.4, 0.5) is 0 Å². The summed E-state index contributed by atoms with van der Waals surface area (Å²) in [6, 6.07) is 7.77. The van der Waals surface area contributed by atoms with E-state index in [0.717, 1.165) is 11.1 Å². The zero-order chi connectivity index (χ0) is 13.8. The zero-order valence-electron chi connectivity index (χ0n) is 10.8. The number of piperidine rings is 1. The van der Waals surface area contributed by atoms with Crippen LogP contribution in [0.5, 0.6) is 0 Å². The van der Waals surface area contributed by atoms with Crippen molar-refractivity contribution in [2.24, 2.45) is 5.92 Å². The number of aryl methyl sites for hydroxylation is 1. The van der Waals surface area contributed by atoms with Crippen LogP contribution in [0.1, 0.15) is 17.5 Å². The van der Waals surface area contributed by atoms with E-state index in [1.165, 1.54) is 0 Å². The van der Waals surface area contributed by atoms with E-state index in [9.17, 15) is 14.7 Å². The van der Waals surface area contributed by atoms with Gasteiger partial charge in [0.2, 0.25) is 11.8 Å². The average molecular weight is 262 g/mol. The Labute approximate surface area is 112 Å². The second-order valence-corrected chi connectivity index (χ2v) is 4.83. The second kappa shape index (κ2) is 5.84. The number of amides is 2. The Morgan fingerprint density at radius 1 is 1.53 bits per heavy atom. The van der Waals surface area contributed by atoms with E-state index in [1.807, 2.05) is 31.2 Å². The number of carbonyl (C=O) groups excluding carboxylic acids is 2. The Kier molecular flexibility index (Phi) is 4.16. The van der Waals surface area contributed by atoms with Gasteiger partial charge in [0.05, 0.1) is 6.10 Å². The maximum Gasteiger partial charge on any atom is 0.235 e. The Morgan fingerprint density at radius 3 is 3.00 bits per heavy atom. The Morgan fingerprint density at radius 2 is 2.32 bits per heavy atom. The summed E-state index contributed by atoms with van der Waals surface area (Å²) in [6.45, 7) is 2.75. The predicted octanol–water partition coefficient (Wildman–Crippen LogP) is 0.108. The highest BCUT2D eigenvalue weighted by Crippen LogP contribution is 2.13. The van der Waals surface area contributed by atoms with Crippen LogP contribution in [0.2, 0.25) is 0 Å². The Hall–Kier alpha value is -1.88. The van der Waals surface area contributed by atoms with Crippen LogP contribution in [0.25, 0.3) is 0 Å². The van der Waals surface area contributed by atoms with Crippen molar-refractivity contribution in [1.29, 1.82) is 0 Å². The lowest BCUT2D eigenvalue weighted by molar-refractivity contribution is -0.142. The standard InChI is InChI=1S/C14H18N2O3/c1-9-3-2-4-10(7-9)8-16-14(19)12-11(17)5-6-15-13(12)18/h2-4,7,11-12,17H,5-6,8H2,1H3,(H,15,18)(H,16,19). The lowest BCUT2D eigenvalue weighted by Crippen LogP contribution is -2.51. The highest BCUT2D eigenvalue weighted by atomic mass is 16.3. The molecule has 0 bridgehead atoms. The van der Waals surface area contributed by atoms with Crippen LogP contribution in [-0.4, -0.2) is 29.6 Å². The minimum Gasteiger partial charge on any atom is -0.392 e. The largest absolute Gasteiger partial charge is 0.392 e. The van der Waals surface area contributed by atoms with Gasteiger partial charge in [-0.05, 0) is 18.9 Å². The van der Waals surface area contributed by atoms with Crippen molar-refractivity contribution in [3.05, 3.63) is 35.4 Å². The first kappa shape index (κ1) is 13.5. The molecule has 2 amide bonds. The van der Waals surface area contributed by atoms with Gasteiger partial charge < -0.3 is 15.7 Å². The first-order valence-electron chi connectivity index (χ1n) is 6.37. The number of carbonyl (C=O) groups is 2. The fourth-order valence-electron chi connectivity index (χ4n) is 2.21. The van der Waals surface area contributed by atoms with Gasteiger partial charge in [0.15, 0.2) is 0 Å². The fourth-order valence-corrected chi connectivity index (χ4v) is 2.21. The number of rotatable bonds is 3. The minimum absolute atomic E-state index is 0.358. The van der Waals surface area contributed by atoms with Crippen molar-refractivity contribution in [2.75, 3.05) is 6.54 Å². The number of aliphatic hydroxyl groups excluding tert-OH is 1. The molecule has 5 heteroatoms. The van der Waals surface area contributed by atoms with Gasteiger partial charge in [0, 0.05) is 13.1 Å². The SMILES string of the molecule is Cc1cccc(CNC(=O)C2C(=O)NCCC2O)c1.